The zero-order chi connectivity index (χ0) is 61.1. The Balaban J connectivity index is 0.666. The number of hydrogen-bond acceptors (Lipinski definition) is 19. The number of hydrogen-bond donors (Lipinski definition) is 2. The fourth-order valence-corrected chi connectivity index (χ4v) is 12.3. The topological polar surface area (TPSA) is 298 Å². The van der Waals surface area contributed by atoms with Crippen LogP contribution in [-0.4, -0.2) is 121 Å². The zero-order valence-electron chi connectivity index (χ0n) is 49.3. The predicted molar refractivity (Wildman–Crippen MR) is 311 cm³/mol. The summed E-state index contributed by atoms with van der Waals surface area (Å²) in [7, 11) is 0. The van der Waals surface area contributed by atoms with Crippen molar-refractivity contribution in [2.45, 2.75) is 155 Å². The Morgan fingerprint density at radius 1 is 0.884 bits per heavy atom. The number of esters is 1. The predicted octanol–water partition coefficient (Wildman–Crippen LogP) is 6.90. The van der Waals surface area contributed by atoms with Crippen LogP contribution in [0.15, 0.2) is 59.5 Å². The van der Waals surface area contributed by atoms with Crippen molar-refractivity contribution in [1.82, 2.24) is 29.4 Å². The number of aromatic nitrogens is 5. The third-order valence-corrected chi connectivity index (χ3v) is 17.2. The number of nitrogens with zero attached hydrogens (tertiary/aromatic N) is 6. The number of Topliss-reactive ketones (excluding diaryl/α,β-unsaturated/α-hetero) is 4. The second-order valence-electron chi connectivity index (χ2n) is 23.2. The Morgan fingerprint density at radius 3 is 2.38 bits per heavy atom. The minimum Gasteiger partial charge on any atom is -0.508 e. The molecule has 6 heterocycles. The van der Waals surface area contributed by atoms with Gasteiger partial charge < -0.3 is 39.1 Å². The molecule has 22 nitrogen and oxygen atoms in total. The summed E-state index contributed by atoms with van der Waals surface area (Å²) in [4.78, 5) is 124. The first-order valence-electron chi connectivity index (χ1n) is 30.2. The van der Waals surface area contributed by atoms with Gasteiger partial charge in [0.2, 0.25) is 17.4 Å². The van der Waals surface area contributed by atoms with E-state index in [1.54, 1.807) is 77.8 Å². The van der Waals surface area contributed by atoms with Crippen LogP contribution in [0.2, 0.25) is 0 Å². The highest BCUT2D eigenvalue weighted by Crippen LogP contribution is 2.43. The summed E-state index contributed by atoms with van der Waals surface area (Å²) in [6.07, 6.45) is 7.89. The largest absolute Gasteiger partial charge is 0.510 e. The van der Waals surface area contributed by atoms with Crippen LogP contribution in [0.1, 0.15) is 143 Å². The van der Waals surface area contributed by atoms with Crippen molar-refractivity contribution < 1.29 is 67.1 Å². The summed E-state index contributed by atoms with van der Waals surface area (Å²) in [6, 6.07) is 13.4. The molecule has 3 unspecified atom stereocenters. The lowest BCUT2D eigenvalue weighted by Gasteiger charge is -2.35. The molecule has 3 atom stereocenters. The Bertz CT molecular complexity index is 3420. The number of aryl methyl sites for hydroxylation is 2. The molecule has 1 aliphatic carbocycles. The van der Waals surface area contributed by atoms with Gasteiger partial charge in [0.05, 0.1) is 47.9 Å². The van der Waals surface area contributed by atoms with E-state index in [4.69, 9.17) is 34.4 Å². The maximum atomic E-state index is 14.1. The molecule has 4 aliphatic rings. The van der Waals surface area contributed by atoms with Gasteiger partial charge in [0.1, 0.15) is 43.7 Å². The number of amides is 2. The molecule has 9 rings (SSSR count). The summed E-state index contributed by atoms with van der Waals surface area (Å²) < 4.78 is 31.3. The fraction of sp³-hybridized carbons (Fsp3) is 0.531. The number of likely N-dealkylation sites (tertiary alicyclic amines) is 1. The van der Waals surface area contributed by atoms with Crippen molar-refractivity contribution >= 4 is 58.0 Å². The lowest BCUT2D eigenvalue weighted by atomic mass is 9.79. The number of phenols is 1. The zero-order valence-corrected chi connectivity index (χ0v) is 49.3. The molecule has 458 valence electrons. The van der Waals surface area contributed by atoms with Gasteiger partial charge in [-0.15, -0.1) is 5.10 Å². The van der Waals surface area contributed by atoms with E-state index in [0.29, 0.717) is 112 Å². The number of ether oxygens (including phenoxy) is 5. The van der Waals surface area contributed by atoms with Gasteiger partial charge in [0.25, 0.3) is 5.56 Å². The first-order valence-corrected chi connectivity index (χ1v) is 30.2. The van der Waals surface area contributed by atoms with Gasteiger partial charge in [-0.05, 0) is 111 Å². The third-order valence-electron chi connectivity index (χ3n) is 17.2. The maximum Gasteiger partial charge on any atom is 0.510 e. The van der Waals surface area contributed by atoms with Gasteiger partial charge in [0, 0.05) is 92.1 Å². The smallest absolute Gasteiger partial charge is 0.508 e. The maximum absolute atomic E-state index is 14.1. The number of nitrogens with two attached hydrogens (primary N) is 1. The van der Waals surface area contributed by atoms with Crippen molar-refractivity contribution in [2.75, 3.05) is 39.5 Å². The number of ketones is 4. The number of benzene rings is 2. The highest BCUT2D eigenvalue weighted by molar-refractivity contribution is 6.03. The summed E-state index contributed by atoms with van der Waals surface area (Å²) in [5.74, 6) is -1.97. The number of carbonyl (C=O) groups excluding carboxylic acids is 8. The molecule has 1 saturated heterocycles. The van der Waals surface area contributed by atoms with E-state index in [9.17, 15) is 48.3 Å². The quantitative estimate of drug-likeness (QED) is 0.0254. The summed E-state index contributed by atoms with van der Waals surface area (Å²) >= 11 is 0. The minimum atomic E-state index is -1.99. The molecular weight excluding hydrogens is 1110 g/mol. The molecule has 3 N–H and O–H groups in total. The normalized spacial score (nSPS) is 19.2. The van der Waals surface area contributed by atoms with Crippen LogP contribution in [0.25, 0.3) is 22.3 Å². The van der Waals surface area contributed by atoms with E-state index < -0.39 is 29.2 Å². The highest BCUT2D eigenvalue weighted by atomic mass is 16.7. The minimum absolute atomic E-state index is 0.0241. The molecule has 1 saturated carbocycles. The number of carbonyl (C=O) groups is 8. The van der Waals surface area contributed by atoms with Gasteiger partial charge in [-0.2, -0.15) is 0 Å². The Labute approximate surface area is 498 Å². The molecule has 86 heavy (non-hydrogen) atoms. The second-order valence-corrected chi connectivity index (χ2v) is 23.2. The first-order chi connectivity index (χ1) is 41.5. The highest BCUT2D eigenvalue weighted by Gasteiger charge is 2.51. The average molecular weight is 1180 g/mol. The van der Waals surface area contributed by atoms with Gasteiger partial charge >= 0.3 is 12.1 Å². The SMILES string of the molecule is CCc1c2c(nc3ccc(O)cc13)-c1cc3c(c(=O)n1C2)COC(=O)C3(CC)OC(=O)OCc1ccc(CC(=O)C(CCCCN)CC(=O)COCC(=O)CCCOCCn2cc(CCC(=O)C3CCC(CN4C(=O)CC(C)C4=O)CC3)nn2)cc1. The number of aromatic hydroxyl groups is 1. The van der Waals surface area contributed by atoms with Gasteiger partial charge in [-0.3, -0.25) is 38.5 Å². The summed E-state index contributed by atoms with van der Waals surface area (Å²) in [6.45, 7) is 6.55. The van der Waals surface area contributed by atoms with Crippen LogP contribution in [0, 0.1) is 23.7 Å². The van der Waals surface area contributed by atoms with Crippen LogP contribution in [0.3, 0.4) is 0 Å². The first kappa shape index (κ1) is 62.7. The molecule has 3 aliphatic heterocycles. The number of phenolic OH excluding ortho intramolecular Hbond substituents is 1. The molecule has 0 bridgehead atoms. The molecule has 5 aromatic rings. The summed E-state index contributed by atoms with van der Waals surface area (Å²) in [5, 5.41) is 19.4. The molecule has 2 aromatic carbocycles. The van der Waals surface area contributed by atoms with Gasteiger partial charge in [-0.1, -0.05) is 56.7 Å². The van der Waals surface area contributed by atoms with Gasteiger partial charge in [-0.25, -0.2) is 19.3 Å². The fourth-order valence-electron chi connectivity index (χ4n) is 12.3. The Kier molecular flexibility index (Phi) is 20.8. The lowest BCUT2D eigenvalue weighted by Crippen LogP contribution is -2.47. The number of cyclic esters (lactones) is 1. The molecular formula is C64H77N7O15. The number of imide groups is 1. The van der Waals surface area contributed by atoms with Gasteiger partial charge in [0.15, 0.2) is 11.6 Å². The average Bonchev–Trinajstić information content (AvgIpc) is 1.48. The molecule has 0 radical (unpaired) electrons. The number of rotatable bonds is 31. The third kappa shape index (κ3) is 14.7. The van der Waals surface area contributed by atoms with Crippen LogP contribution >= 0.6 is 0 Å². The number of unbranched alkanes of at least 4 members (excludes halogenated alkanes) is 1. The van der Waals surface area contributed by atoms with Crippen LogP contribution in [0.4, 0.5) is 4.79 Å². The van der Waals surface area contributed by atoms with E-state index in [1.807, 2.05) is 6.92 Å². The van der Waals surface area contributed by atoms with Crippen molar-refractivity contribution in [3.63, 3.8) is 0 Å². The summed E-state index contributed by atoms with van der Waals surface area (Å²) in [5.41, 5.74) is 9.10. The van der Waals surface area contributed by atoms with E-state index in [-0.39, 0.29) is 135 Å². The van der Waals surface area contributed by atoms with E-state index in [1.165, 1.54) is 4.90 Å². The van der Waals surface area contributed by atoms with Crippen LogP contribution in [0.5, 0.6) is 5.75 Å². The molecule has 3 aromatic heterocycles. The van der Waals surface area contributed by atoms with Crippen molar-refractivity contribution in [3.05, 3.63) is 104 Å². The number of pyridine rings is 2. The van der Waals surface area contributed by atoms with E-state index in [0.717, 1.165) is 42.2 Å². The van der Waals surface area contributed by atoms with Crippen molar-refractivity contribution in [2.24, 2.45) is 29.4 Å². The molecule has 2 fully saturated rings. The van der Waals surface area contributed by atoms with E-state index in [2.05, 4.69) is 10.3 Å². The monoisotopic (exact) mass is 1180 g/mol. The molecule has 2 amide bonds. The Hall–Kier alpha value is -7.82. The molecule has 22 heteroatoms. The van der Waals surface area contributed by atoms with Crippen LogP contribution in [-0.2, 0) is 108 Å². The second kappa shape index (κ2) is 28.6. The number of fused-ring (bicyclic) bond motifs is 5. The molecule has 0 spiro atoms. The van der Waals surface area contributed by atoms with E-state index >= 15 is 0 Å². The lowest BCUT2D eigenvalue weighted by molar-refractivity contribution is -0.175. The van der Waals surface area contributed by atoms with Crippen LogP contribution < -0.4 is 11.3 Å². The van der Waals surface area contributed by atoms with Crippen molar-refractivity contribution in [3.8, 4) is 17.1 Å². The Morgan fingerprint density at radius 2 is 1.65 bits per heavy atom. The van der Waals surface area contributed by atoms with Crippen molar-refractivity contribution in [1.29, 1.82) is 0 Å². The standard InChI is InChI=1S/C64H77N7O15/c1-4-49-50-30-46(72)20-21-54(50)66-59-51(49)34-70-55(59)31-53-52(61(70)79)38-84-62(80)64(53,5-2)86-63(81)85-35-42-13-11-40(12-14-42)28-57(76)44(9-6-7-23-65)29-48(74)37-83-36-47(73)10-8-25-82-26-24-69-33-45(67-68-69)19-22-56(75)43-17-15-41(16-18-43)32-71-58(77)27-39(3)60(71)78/h11-14,20-21,30-31,33,39,41,43-44,72H,4-10,15-19,22-29,32,34-38,65H2,1-3H3.